The lowest BCUT2D eigenvalue weighted by Crippen LogP contribution is -2.43. The summed E-state index contributed by atoms with van der Waals surface area (Å²) in [5, 5.41) is 12.1. The van der Waals surface area contributed by atoms with Crippen LogP contribution in [0.5, 0.6) is 5.88 Å². The average molecular weight is 625 g/mol. The van der Waals surface area contributed by atoms with E-state index in [0.717, 1.165) is 32.0 Å². The first-order chi connectivity index (χ1) is 20.4. The first kappa shape index (κ1) is 29.8. The number of nitrogens with zero attached hydrogens (tertiary/aromatic N) is 5. The Morgan fingerprint density at radius 2 is 1.77 bits per heavy atom. The zero-order valence-corrected chi connectivity index (χ0v) is 22.9. The molecule has 0 aliphatic carbocycles. The number of carbonyl (C=O) groups excluding carboxylic acids is 1. The molecular formula is C26H21F5N6O5S. The Hall–Kier alpha value is -4.64. The largest absolute Gasteiger partial charge is 0.493 e. The van der Waals surface area contributed by atoms with Crippen LogP contribution in [0, 0.1) is 11.6 Å². The number of nitrogens with one attached hydrogen (secondary N) is 1. The Balaban J connectivity index is 1.66. The van der Waals surface area contributed by atoms with Gasteiger partial charge >= 0.3 is 12.1 Å². The average Bonchev–Trinajstić information content (AvgIpc) is 2.98. The molecule has 0 saturated carbocycles. The Morgan fingerprint density at radius 3 is 2.44 bits per heavy atom. The van der Waals surface area contributed by atoms with E-state index in [9.17, 15) is 35.2 Å². The summed E-state index contributed by atoms with van der Waals surface area (Å²) in [5.74, 6) is -6.32. The number of piperazine rings is 1. The van der Waals surface area contributed by atoms with Crippen LogP contribution in [0.25, 0.3) is 22.0 Å². The Labute approximate surface area is 240 Å². The fourth-order valence-corrected chi connectivity index (χ4v) is 5.68. The van der Waals surface area contributed by atoms with Crippen molar-refractivity contribution in [2.45, 2.75) is 11.1 Å². The van der Waals surface area contributed by atoms with Crippen molar-refractivity contribution in [3.63, 3.8) is 0 Å². The van der Waals surface area contributed by atoms with E-state index in [4.69, 9.17) is 4.74 Å². The van der Waals surface area contributed by atoms with E-state index in [-0.39, 0.29) is 11.6 Å². The fraction of sp³-hybridized carbons (Fsp3) is 0.231. The molecule has 0 spiro atoms. The molecule has 1 aliphatic rings. The summed E-state index contributed by atoms with van der Waals surface area (Å²) in [5.41, 5.74) is 1.09. The fourth-order valence-electron chi connectivity index (χ4n) is 4.40. The number of fused-ring (bicyclic) bond motifs is 1. The number of hydrogen-bond donors (Lipinski definition) is 1. The van der Waals surface area contributed by atoms with Crippen molar-refractivity contribution in [1.82, 2.24) is 20.5 Å². The predicted octanol–water partition coefficient (Wildman–Crippen LogP) is 3.60. The van der Waals surface area contributed by atoms with Gasteiger partial charge in [-0.05, 0) is 35.9 Å². The molecule has 1 saturated heterocycles. The number of alkyl halides is 3. The van der Waals surface area contributed by atoms with Crippen LogP contribution in [-0.2, 0) is 19.7 Å². The van der Waals surface area contributed by atoms with Gasteiger partial charge in [-0.1, -0.05) is 10.5 Å². The molecule has 1 fully saturated rings. The number of benzene rings is 2. The van der Waals surface area contributed by atoms with Gasteiger partial charge in [0, 0.05) is 49.4 Å². The van der Waals surface area contributed by atoms with Crippen molar-refractivity contribution in [2.75, 3.05) is 42.7 Å². The molecule has 11 nitrogen and oxygen atoms in total. The first-order valence-electron chi connectivity index (χ1n) is 12.4. The van der Waals surface area contributed by atoms with Crippen LogP contribution in [-0.4, -0.2) is 69.0 Å². The van der Waals surface area contributed by atoms with E-state index in [1.165, 1.54) is 6.20 Å². The smallest absolute Gasteiger partial charge is 0.479 e. The van der Waals surface area contributed by atoms with Gasteiger partial charge in [0.05, 0.1) is 24.5 Å². The topological polar surface area (TPSA) is 127 Å². The molecule has 2 aromatic carbocycles. The maximum Gasteiger partial charge on any atom is 0.493 e. The molecule has 0 amide bonds. The lowest BCUT2D eigenvalue weighted by molar-refractivity contribution is -0.199. The van der Waals surface area contributed by atoms with Gasteiger partial charge in [0.15, 0.2) is 5.69 Å². The second kappa shape index (κ2) is 11.6. The molecule has 0 atom stereocenters. The normalized spacial score (nSPS) is 14.0. The van der Waals surface area contributed by atoms with Crippen molar-refractivity contribution < 1.29 is 44.7 Å². The van der Waals surface area contributed by atoms with E-state index in [1.807, 2.05) is 0 Å². The maximum absolute atomic E-state index is 14.6. The van der Waals surface area contributed by atoms with Gasteiger partial charge in [-0.3, -0.25) is 0 Å². The van der Waals surface area contributed by atoms with E-state index < -0.39 is 54.7 Å². The molecule has 43 heavy (non-hydrogen) atoms. The van der Waals surface area contributed by atoms with Crippen LogP contribution in [0.2, 0.25) is 0 Å². The lowest BCUT2D eigenvalue weighted by Gasteiger charge is -2.29. The Bertz CT molecular complexity index is 1800. The van der Waals surface area contributed by atoms with Crippen molar-refractivity contribution >= 4 is 38.3 Å². The SMILES string of the molecule is COc1ncc(-c2ccc3nncc(N4CCNCC4)c3c2)cc1N(OC(=O)C(F)(F)F)S(=O)(=O)c1ccc(F)cc1F. The van der Waals surface area contributed by atoms with Crippen molar-refractivity contribution in [3.8, 4) is 17.0 Å². The van der Waals surface area contributed by atoms with Crippen LogP contribution in [0.3, 0.4) is 0 Å². The van der Waals surface area contributed by atoms with Crippen molar-refractivity contribution in [1.29, 1.82) is 0 Å². The quantitative estimate of drug-likeness (QED) is 0.241. The molecule has 1 N–H and O–H groups in total. The maximum atomic E-state index is 14.6. The molecule has 2 aromatic heterocycles. The molecule has 0 bridgehead atoms. The van der Waals surface area contributed by atoms with Gasteiger partial charge in [0.2, 0.25) is 5.88 Å². The highest BCUT2D eigenvalue weighted by Gasteiger charge is 2.46. The Morgan fingerprint density at radius 1 is 1.02 bits per heavy atom. The van der Waals surface area contributed by atoms with Crippen LogP contribution >= 0.6 is 0 Å². The van der Waals surface area contributed by atoms with Crippen LogP contribution in [0.4, 0.5) is 33.3 Å². The second-order valence-corrected chi connectivity index (χ2v) is 10.9. The minimum absolute atomic E-state index is 0.156. The van der Waals surface area contributed by atoms with E-state index >= 15 is 0 Å². The van der Waals surface area contributed by atoms with E-state index in [1.54, 1.807) is 24.4 Å². The molecule has 4 aromatic rings. The number of pyridine rings is 1. The number of halogens is 5. The summed E-state index contributed by atoms with van der Waals surface area (Å²) < 4.78 is 99.3. The third-order valence-corrected chi connectivity index (χ3v) is 8.01. The minimum Gasteiger partial charge on any atom is -0.479 e. The number of sulfonamides is 1. The molecule has 0 radical (unpaired) electrons. The van der Waals surface area contributed by atoms with Crippen molar-refractivity contribution in [3.05, 3.63) is 66.5 Å². The zero-order valence-electron chi connectivity index (χ0n) is 22.1. The lowest BCUT2D eigenvalue weighted by atomic mass is 10.0. The van der Waals surface area contributed by atoms with Gasteiger partial charge in [-0.2, -0.15) is 31.8 Å². The molecule has 5 rings (SSSR count). The number of carbonyl (C=O) groups is 1. The summed E-state index contributed by atoms with van der Waals surface area (Å²) in [4.78, 5) is 21.0. The van der Waals surface area contributed by atoms with Gasteiger partial charge < -0.3 is 19.8 Å². The third-order valence-electron chi connectivity index (χ3n) is 6.42. The van der Waals surface area contributed by atoms with Gasteiger partial charge in [0.1, 0.15) is 16.5 Å². The van der Waals surface area contributed by atoms with Crippen LogP contribution < -0.4 is 19.4 Å². The molecular weight excluding hydrogens is 603 g/mol. The number of aromatic nitrogens is 3. The highest BCUT2D eigenvalue weighted by Crippen LogP contribution is 2.38. The van der Waals surface area contributed by atoms with Gasteiger partial charge in [0.25, 0.3) is 10.0 Å². The highest BCUT2D eigenvalue weighted by atomic mass is 32.2. The molecule has 17 heteroatoms. The second-order valence-electron chi connectivity index (χ2n) is 9.13. The summed E-state index contributed by atoms with van der Waals surface area (Å²) in [6.45, 7) is 2.86. The molecule has 226 valence electrons. The molecule has 0 unspecified atom stereocenters. The van der Waals surface area contributed by atoms with Crippen molar-refractivity contribution in [2.24, 2.45) is 0 Å². The minimum atomic E-state index is -5.65. The number of anilines is 2. The Kier molecular flexibility index (Phi) is 8.02. The standard InChI is InChI=1S/C26H21F5N6O5S/c1-41-24-21(37(42-25(38)26(29,30)31)43(39,40)23-5-3-17(27)12-19(23)28)11-16(13-33-24)15-2-4-20-18(10-15)22(14-34-35-20)36-8-6-32-7-9-36/h2-5,10-14,32H,6-9H2,1H3. The number of rotatable bonds is 7. The summed E-state index contributed by atoms with van der Waals surface area (Å²) >= 11 is 0. The first-order valence-corrected chi connectivity index (χ1v) is 13.9. The van der Waals surface area contributed by atoms with Crippen LogP contribution in [0.15, 0.2) is 59.8 Å². The number of ether oxygens (including phenoxy) is 1. The molecule has 3 heterocycles. The van der Waals surface area contributed by atoms with Gasteiger partial charge in [-0.15, -0.1) is 0 Å². The van der Waals surface area contributed by atoms with E-state index in [2.05, 4.69) is 30.2 Å². The van der Waals surface area contributed by atoms with Crippen LogP contribution in [0.1, 0.15) is 0 Å². The number of hydrogen-bond acceptors (Lipinski definition) is 10. The summed E-state index contributed by atoms with van der Waals surface area (Å²) in [6, 6.07) is 7.21. The zero-order chi connectivity index (χ0) is 30.9. The summed E-state index contributed by atoms with van der Waals surface area (Å²) in [7, 11) is -4.41. The third kappa shape index (κ3) is 5.98. The summed E-state index contributed by atoms with van der Waals surface area (Å²) in [6.07, 6.45) is -2.80. The predicted molar refractivity (Wildman–Crippen MR) is 143 cm³/mol. The molecule has 1 aliphatic heterocycles. The van der Waals surface area contributed by atoms with Gasteiger partial charge in [-0.25, -0.2) is 18.6 Å². The van der Waals surface area contributed by atoms with E-state index in [0.29, 0.717) is 41.7 Å². The highest BCUT2D eigenvalue weighted by molar-refractivity contribution is 7.92. The number of methoxy groups -OCH3 is 1. The monoisotopic (exact) mass is 624 g/mol.